The van der Waals surface area contributed by atoms with Gasteiger partial charge in [0.2, 0.25) is 0 Å². The van der Waals surface area contributed by atoms with E-state index in [1.807, 2.05) is 6.92 Å². The molecule has 2 aromatic carbocycles. The van der Waals surface area contributed by atoms with E-state index in [9.17, 15) is 8.78 Å². The maximum absolute atomic E-state index is 12.8. The summed E-state index contributed by atoms with van der Waals surface area (Å²) in [6, 6.07) is 12.9. The van der Waals surface area contributed by atoms with E-state index < -0.39 is 0 Å². The molecule has 0 bridgehead atoms. The molecule has 0 heterocycles. The topological polar surface area (TPSA) is 12.0 Å². The molecular weight excluding hydrogens is 232 g/mol. The van der Waals surface area contributed by atoms with E-state index in [0.29, 0.717) is 6.54 Å². The van der Waals surface area contributed by atoms with Crippen LogP contribution in [0.25, 0.3) is 0 Å². The molecule has 0 amide bonds. The van der Waals surface area contributed by atoms with E-state index in [-0.39, 0.29) is 17.7 Å². The summed E-state index contributed by atoms with van der Waals surface area (Å²) in [6.07, 6.45) is 0. The molecule has 0 spiro atoms. The second-order valence-corrected chi connectivity index (χ2v) is 4.28. The lowest BCUT2D eigenvalue weighted by molar-refractivity contribution is 0.569. The van der Waals surface area contributed by atoms with Crippen LogP contribution in [0, 0.1) is 11.6 Å². The summed E-state index contributed by atoms with van der Waals surface area (Å²) in [5.41, 5.74) is 2.05. The van der Waals surface area contributed by atoms with Crippen molar-refractivity contribution in [1.82, 2.24) is 5.32 Å². The fourth-order valence-corrected chi connectivity index (χ4v) is 1.74. The molecule has 0 radical (unpaired) electrons. The van der Waals surface area contributed by atoms with E-state index in [1.165, 1.54) is 24.3 Å². The van der Waals surface area contributed by atoms with E-state index in [0.717, 1.165) is 11.1 Å². The Balaban J connectivity index is 1.93. The third-order valence-corrected chi connectivity index (χ3v) is 2.90. The van der Waals surface area contributed by atoms with Crippen LogP contribution in [0.1, 0.15) is 24.1 Å². The van der Waals surface area contributed by atoms with Crippen LogP contribution in [0.4, 0.5) is 8.78 Å². The van der Waals surface area contributed by atoms with Crippen molar-refractivity contribution in [3.05, 3.63) is 71.3 Å². The van der Waals surface area contributed by atoms with Gasteiger partial charge in [-0.3, -0.25) is 0 Å². The zero-order chi connectivity index (χ0) is 13.0. The molecular formula is C15H15F2N. The van der Waals surface area contributed by atoms with Gasteiger partial charge in [-0.25, -0.2) is 8.78 Å². The van der Waals surface area contributed by atoms with Crippen molar-refractivity contribution in [2.45, 2.75) is 19.5 Å². The Kier molecular flexibility index (Phi) is 4.05. The largest absolute Gasteiger partial charge is 0.306 e. The zero-order valence-corrected chi connectivity index (χ0v) is 10.2. The van der Waals surface area contributed by atoms with Gasteiger partial charge in [-0.15, -0.1) is 0 Å². The quantitative estimate of drug-likeness (QED) is 0.866. The van der Waals surface area contributed by atoms with E-state index in [2.05, 4.69) is 5.32 Å². The van der Waals surface area contributed by atoms with Gasteiger partial charge in [-0.1, -0.05) is 24.3 Å². The van der Waals surface area contributed by atoms with E-state index >= 15 is 0 Å². The van der Waals surface area contributed by atoms with Crippen LogP contribution in [0.3, 0.4) is 0 Å². The van der Waals surface area contributed by atoms with Crippen LogP contribution >= 0.6 is 0 Å². The normalized spacial score (nSPS) is 12.4. The number of benzene rings is 2. The van der Waals surface area contributed by atoms with Gasteiger partial charge in [-0.2, -0.15) is 0 Å². The van der Waals surface area contributed by atoms with Gasteiger partial charge < -0.3 is 5.32 Å². The lowest BCUT2D eigenvalue weighted by Crippen LogP contribution is -2.18. The van der Waals surface area contributed by atoms with Gasteiger partial charge in [0.15, 0.2) is 0 Å². The van der Waals surface area contributed by atoms with Crippen LogP contribution < -0.4 is 5.32 Å². The number of hydrogen-bond acceptors (Lipinski definition) is 1. The van der Waals surface area contributed by atoms with Gasteiger partial charge in [0.25, 0.3) is 0 Å². The molecule has 1 nitrogen and oxygen atoms in total. The van der Waals surface area contributed by atoms with Gasteiger partial charge in [0.1, 0.15) is 11.6 Å². The van der Waals surface area contributed by atoms with Gasteiger partial charge in [-0.05, 0) is 42.3 Å². The monoisotopic (exact) mass is 247 g/mol. The zero-order valence-electron chi connectivity index (χ0n) is 10.2. The Bertz CT molecular complexity index is 491. The molecule has 2 aromatic rings. The minimum Gasteiger partial charge on any atom is -0.306 e. The fourth-order valence-electron chi connectivity index (χ4n) is 1.74. The molecule has 18 heavy (non-hydrogen) atoms. The number of nitrogens with one attached hydrogen (secondary N) is 1. The summed E-state index contributed by atoms with van der Waals surface area (Å²) in [5.74, 6) is -0.463. The van der Waals surface area contributed by atoms with Crippen LogP contribution in [0.15, 0.2) is 48.5 Å². The Hall–Kier alpha value is -1.74. The van der Waals surface area contributed by atoms with Crippen molar-refractivity contribution in [3.8, 4) is 0 Å². The first kappa shape index (κ1) is 12.7. The molecule has 0 aliphatic rings. The highest BCUT2D eigenvalue weighted by Crippen LogP contribution is 2.13. The van der Waals surface area contributed by atoms with Gasteiger partial charge >= 0.3 is 0 Å². The second-order valence-electron chi connectivity index (χ2n) is 4.28. The molecule has 0 aliphatic carbocycles. The molecule has 0 aromatic heterocycles. The molecule has 0 saturated heterocycles. The molecule has 1 atom stereocenters. The molecule has 3 heteroatoms. The first-order chi connectivity index (χ1) is 8.65. The van der Waals surface area contributed by atoms with Crippen LogP contribution in [-0.4, -0.2) is 0 Å². The van der Waals surface area contributed by atoms with E-state index in [1.54, 1.807) is 24.3 Å². The minimum atomic E-state index is -0.232. The predicted molar refractivity (Wildman–Crippen MR) is 68.1 cm³/mol. The molecule has 0 fully saturated rings. The molecule has 0 saturated carbocycles. The Labute approximate surface area is 105 Å². The van der Waals surface area contributed by atoms with Crippen molar-refractivity contribution < 1.29 is 8.78 Å². The smallest absolute Gasteiger partial charge is 0.123 e. The van der Waals surface area contributed by atoms with Gasteiger partial charge in [0.05, 0.1) is 0 Å². The minimum absolute atomic E-state index is 0.121. The lowest BCUT2D eigenvalue weighted by atomic mass is 10.1. The average molecular weight is 247 g/mol. The summed E-state index contributed by atoms with van der Waals surface area (Å²) in [6.45, 7) is 2.66. The summed E-state index contributed by atoms with van der Waals surface area (Å²) < 4.78 is 25.5. The Morgan fingerprint density at radius 2 is 1.39 bits per heavy atom. The fraction of sp³-hybridized carbons (Fsp3) is 0.200. The SMILES string of the molecule is C[C@@H](NCc1ccc(F)cc1)c1ccc(F)cc1. The van der Waals surface area contributed by atoms with Gasteiger partial charge in [0, 0.05) is 12.6 Å². The lowest BCUT2D eigenvalue weighted by Gasteiger charge is -2.14. The third kappa shape index (κ3) is 3.37. The second kappa shape index (κ2) is 5.74. The summed E-state index contributed by atoms with van der Waals surface area (Å²) in [4.78, 5) is 0. The summed E-state index contributed by atoms with van der Waals surface area (Å²) >= 11 is 0. The maximum atomic E-state index is 12.8. The van der Waals surface area contributed by atoms with Crippen molar-refractivity contribution in [2.75, 3.05) is 0 Å². The molecule has 94 valence electrons. The first-order valence-corrected chi connectivity index (χ1v) is 5.88. The standard InChI is InChI=1S/C15H15F2N/c1-11(13-4-8-15(17)9-5-13)18-10-12-2-6-14(16)7-3-12/h2-9,11,18H,10H2,1H3/t11-/m1/s1. The van der Waals surface area contributed by atoms with Crippen LogP contribution in [0.2, 0.25) is 0 Å². The number of rotatable bonds is 4. The highest BCUT2D eigenvalue weighted by molar-refractivity contribution is 5.20. The summed E-state index contributed by atoms with van der Waals surface area (Å²) in [5, 5.41) is 3.31. The predicted octanol–water partition coefficient (Wildman–Crippen LogP) is 3.82. The Morgan fingerprint density at radius 1 is 0.889 bits per heavy atom. The van der Waals surface area contributed by atoms with Crippen molar-refractivity contribution >= 4 is 0 Å². The van der Waals surface area contributed by atoms with Crippen molar-refractivity contribution in [3.63, 3.8) is 0 Å². The highest BCUT2D eigenvalue weighted by atomic mass is 19.1. The highest BCUT2D eigenvalue weighted by Gasteiger charge is 2.04. The number of hydrogen-bond donors (Lipinski definition) is 1. The van der Waals surface area contributed by atoms with Crippen molar-refractivity contribution in [1.29, 1.82) is 0 Å². The Morgan fingerprint density at radius 3 is 1.94 bits per heavy atom. The maximum Gasteiger partial charge on any atom is 0.123 e. The van der Waals surface area contributed by atoms with Crippen molar-refractivity contribution in [2.24, 2.45) is 0 Å². The molecule has 2 rings (SSSR count). The number of halogens is 2. The average Bonchev–Trinajstić information content (AvgIpc) is 2.38. The molecule has 0 unspecified atom stereocenters. The van der Waals surface area contributed by atoms with E-state index in [4.69, 9.17) is 0 Å². The van der Waals surface area contributed by atoms with Crippen LogP contribution in [0.5, 0.6) is 0 Å². The third-order valence-electron chi connectivity index (χ3n) is 2.90. The molecule has 0 aliphatic heterocycles. The summed E-state index contributed by atoms with van der Waals surface area (Å²) in [7, 11) is 0. The van der Waals surface area contributed by atoms with Crippen LogP contribution in [-0.2, 0) is 6.54 Å². The first-order valence-electron chi connectivity index (χ1n) is 5.88. The molecule has 1 N–H and O–H groups in total.